The number of piperidine rings is 1. The van der Waals surface area contributed by atoms with Gasteiger partial charge in [-0.25, -0.2) is 0 Å². The first-order chi connectivity index (χ1) is 8.49. The Morgan fingerprint density at radius 2 is 2.11 bits per heavy atom. The molecule has 1 saturated heterocycles. The molecule has 2 heterocycles. The quantitative estimate of drug-likeness (QED) is 0.794. The van der Waals surface area contributed by atoms with Crippen LogP contribution in [0.25, 0.3) is 0 Å². The third-order valence-corrected chi connectivity index (χ3v) is 4.16. The SMILES string of the molecule is CCc1ccn(C[C@H]2CCCN(C(C)(C)C)C2)c1. The third kappa shape index (κ3) is 3.38. The summed E-state index contributed by atoms with van der Waals surface area (Å²) in [6, 6.07) is 2.25. The largest absolute Gasteiger partial charge is 0.354 e. The van der Waals surface area contributed by atoms with Gasteiger partial charge in [0.2, 0.25) is 0 Å². The number of aryl methyl sites for hydroxylation is 1. The molecule has 0 spiro atoms. The van der Waals surface area contributed by atoms with Gasteiger partial charge in [-0.1, -0.05) is 6.92 Å². The first-order valence-corrected chi connectivity index (χ1v) is 7.38. The van der Waals surface area contributed by atoms with Gasteiger partial charge in [-0.05, 0) is 64.1 Å². The van der Waals surface area contributed by atoms with E-state index in [-0.39, 0.29) is 0 Å². The molecule has 0 saturated carbocycles. The fraction of sp³-hybridized carbons (Fsp3) is 0.750. The van der Waals surface area contributed by atoms with E-state index in [9.17, 15) is 0 Å². The van der Waals surface area contributed by atoms with E-state index in [1.54, 1.807) is 0 Å². The van der Waals surface area contributed by atoms with Gasteiger partial charge in [-0.15, -0.1) is 0 Å². The molecular weight excluding hydrogens is 220 g/mol. The maximum Gasteiger partial charge on any atom is 0.0260 e. The molecule has 0 radical (unpaired) electrons. The molecule has 1 aromatic heterocycles. The summed E-state index contributed by atoms with van der Waals surface area (Å²) < 4.78 is 2.38. The fourth-order valence-electron chi connectivity index (χ4n) is 2.93. The molecule has 1 aliphatic rings. The van der Waals surface area contributed by atoms with Gasteiger partial charge in [0.25, 0.3) is 0 Å². The Labute approximate surface area is 112 Å². The second kappa shape index (κ2) is 5.48. The molecule has 1 atom stereocenters. The van der Waals surface area contributed by atoms with Crippen LogP contribution in [-0.4, -0.2) is 28.1 Å². The highest BCUT2D eigenvalue weighted by Crippen LogP contribution is 2.24. The number of likely N-dealkylation sites (tertiary alicyclic amines) is 1. The van der Waals surface area contributed by atoms with Crippen molar-refractivity contribution in [2.24, 2.45) is 5.92 Å². The zero-order chi connectivity index (χ0) is 13.2. The molecule has 0 N–H and O–H groups in total. The van der Waals surface area contributed by atoms with Gasteiger partial charge in [0, 0.05) is 31.0 Å². The summed E-state index contributed by atoms with van der Waals surface area (Å²) in [5, 5.41) is 0. The molecular formula is C16H28N2. The summed E-state index contributed by atoms with van der Waals surface area (Å²) >= 11 is 0. The van der Waals surface area contributed by atoms with Crippen LogP contribution < -0.4 is 0 Å². The van der Waals surface area contributed by atoms with E-state index in [2.05, 4.69) is 55.6 Å². The minimum absolute atomic E-state index is 0.323. The Morgan fingerprint density at radius 1 is 1.33 bits per heavy atom. The van der Waals surface area contributed by atoms with E-state index in [0.29, 0.717) is 5.54 Å². The molecule has 0 aromatic carbocycles. The third-order valence-electron chi connectivity index (χ3n) is 4.16. The van der Waals surface area contributed by atoms with Crippen LogP contribution in [-0.2, 0) is 13.0 Å². The molecule has 1 aliphatic heterocycles. The molecule has 0 unspecified atom stereocenters. The number of aromatic nitrogens is 1. The standard InChI is InChI=1S/C16H28N2/c1-5-14-8-10-17(11-14)12-15-7-6-9-18(13-15)16(2,3)4/h8,10-11,15H,5-7,9,12-13H2,1-4H3/t15-/m1/s1. The number of nitrogens with zero attached hydrogens (tertiary/aromatic N) is 2. The van der Waals surface area contributed by atoms with Gasteiger partial charge in [0.1, 0.15) is 0 Å². The van der Waals surface area contributed by atoms with Crippen molar-refractivity contribution in [2.75, 3.05) is 13.1 Å². The number of rotatable bonds is 3. The van der Waals surface area contributed by atoms with Crippen molar-refractivity contribution in [2.45, 2.75) is 59.0 Å². The lowest BCUT2D eigenvalue weighted by atomic mass is 9.93. The van der Waals surface area contributed by atoms with Crippen molar-refractivity contribution in [3.05, 3.63) is 24.0 Å². The Bertz CT molecular complexity index is 373. The molecule has 1 fully saturated rings. The zero-order valence-electron chi connectivity index (χ0n) is 12.4. The van der Waals surface area contributed by atoms with Crippen LogP contribution in [0.2, 0.25) is 0 Å². The van der Waals surface area contributed by atoms with Crippen molar-refractivity contribution < 1.29 is 0 Å². The summed E-state index contributed by atoms with van der Waals surface area (Å²) in [4.78, 5) is 2.64. The maximum absolute atomic E-state index is 2.64. The van der Waals surface area contributed by atoms with Crippen LogP contribution >= 0.6 is 0 Å². The van der Waals surface area contributed by atoms with Crippen LogP contribution in [0, 0.1) is 5.92 Å². The molecule has 18 heavy (non-hydrogen) atoms. The molecule has 2 nitrogen and oxygen atoms in total. The van der Waals surface area contributed by atoms with Gasteiger partial charge in [0.05, 0.1) is 0 Å². The predicted molar refractivity (Wildman–Crippen MR) is 77.9 cm³/mol. The summed E-state index contributed by atoms with van der Waals surface area (Å²) in [6.45, 7) is 12.9. The van der Waals surface area contributed by atoms with Gasteiger partial charge in [0.15, 0.2) is 0 Å². The normalized spacial score (nSPS) is 22.3. The predicted octanol–water partition coefficient (Wildman–Crippen LogP) is 3.56. The van der Waals surface area contributed by atoms with Crippen molar-refractivity contribution in [3.8, 4) is 0 Å². The summed E-state index contributed by atoms with van der Waals surface area (Å²) in [6.07, 6.45) is 8.44. The fourth-order valence-corrected chi connectivity index (χ4v) is 2.93. The lowest BCUT2D eigenvalue weighted by Gasteiger charge is -2.41. The van der Waals surface area contributed by atoms with Crippen LogP contribution in [0.5, 0.6) is 0 Å². The van der Waals surface area contributed by atoms with E-state index in [1.165, 1.54) is 38.0 Å². The van der Waals surface area contributed by atoms with Crippen molar-refractivity contribution in [3.63, 3.8) is 0 Å². The van der Waals surface area contributed by atoms with Gasteiger partial charge in [-0.3, -0.25) is 4.90 Å². The smallest absolute Gasteiger partial charge is 0.0260 e. The van der Waals surface area contributed by atoms with Crippen LogP contribution in [0.3, 0.4) is 0 Å². The topological polar surface area (TPSA) is 8.17 Å². The van der Waals surface area contributed by atoms with E-state index < -0.39 is 0 Å². The molecule has 1 aromatic rings. The van der Waals surface area contributed by atoms with Gasteiger partial charge in [-0.2, -0.15) is 0 Å². The summed E-state index contributed by atoms with van der Waals surface area (Å²) in [5.74, 6) is 0.815. The molecule has 0 amide bonds. The summed E-state index contributed by atoms with van der Waals surface area (Å²) in [7, 11) is 0. The van der Waals surface area contributed by atoms with E-state index in [0.717, 1.165) is 12.3 Å². The average Bonchev–Trinajstić information content (AvgIpc) is 2.76. The van der Waals surface area contributed by atoms with E-state index in [1.807, 2.05) is 0 Å². The molecule has 102 valence electrons. The van der Waals surface area contributed by atoms with E-state index >= 15 is 0 Å². The maximum atomic E-state index is 2.64. The monoisotopic (exact) mass is 248 g/mol. The van der Waals surface area contributed by atoms with Crippen LogP contribution in [0.1, 0.15) is 46.1 Å². The summed E-state index contributed by atoms with van der Waals surface area (Å²) in [5.41, 5.74) is 1.78. The Hall–Kier alpha value is -0.760. The molecule has 2 rings (SSSR count). The Balaban J connectivity index is 1.93. The van der Waals surface area contributed by atoms with Crippen LogP contribution in [0.4, 0.5) is 0 Å². The first-order valence-electron chi connectivity index (χ1n) is 7.38. The minimum atomic E-state index is 0.323. The highest BCUT2D eigenvalue weighted by Gasteiger charge is 2.27. The minimum Gasteiger partial charge on any atom is -0.354 e. The highest BCUT2D eigenvalue weighted by molar-refractivity contribution is 5.09. The Kier molecular flexibility index (Phi) is 4.16. The van der Waals surface area contributed by atoms with Crippen molar-refractivity contribution in [1.82, 2.24) is 9.47 Å². The second-order valence-corrected chi connectivity index (χ2v) is 6.70. The van der Waals surface area contributed by atoms with Gasteiger partial charge < -0.3 is 4.57 Å². The number of hydrogen-bond donors (Lipinski definition) is 0. The molecule has 0 aliphatic carbocycles. The second-order valence-electron chi connectivity index (χ2n) is 6.70. The average molecular weight is 248 g/mol. The lowest BCUT2D eigenvalue weighted by molar-refractivity contribution is 0.0734. The zero-order valence-corrected chi connectivity index (χ0v) is 12.4. The van der Waals surface area contributed by atoms with Crippen LogP contribution in [0.15, 0.2) is 18.5 Å². The van der Waals surface area contributed by atoms with Crippen molar-refractivity contribution >= 4 is 0 Å². The first kappa shape index (κ1) is 13.7. The molecule has 2 heteroatoms. The van der Waals surface area contributed by atoms with E-state index in [4.69, 9.17) is 0 Å². The van der Waals surface area contributed by atoms with Gasteiger partial charge >= 0.3 is 0 Å². The lowest BCUT2D eigenvalue weighted by Crippen LogP contribution is -2.47. The molecule has 0 bridgehead atoms. The number of hydrogen-bond acceptors (Lipinski definition) is 1. The Morgan fingerprint density at radius 3 is 2.72 bits per heavy atom. The van der Waals surface area contributed by atoms with Crippen molar-refractivity contribution in [1.29, 1.82) is 0 Å². The highest BCUT2D eigenvalue weighted by atomic mass is 15.2.